The van der Waals surface area contributed by atoms with Gasteiger partial charge in [-0.1, -0.05) is 30.3 Å². The van der Waals surface area contributed by atoms with Crippen LogP contribution >= 0.6 is 0 Å². The molecule has 0 aliphatic carbocycles. The minimum atomic E-state index is -0.804. The maximum Gasteiger partial charge on any atom is 0.308 e. The fourth-order valence-electron chi connectivity index (χ4n) is 1.91. The number of amides is 1. The van der Waals surface area contributed by atoms with Crippen molar-refractivity contribution in [1.29, 1.82) is 0 Å². The van der Waals surface area contributed by atoms with Crippen molar-refractivity contribution in [3.63, 3.8) is 0 Å². The van der Waals surface area contributed by atoms with E-state index in [0.717, 1.165) is 6.42 Å². The Kier molecular flexibility index (Phi) is 7.15. The van der Waals surface area contributed by atoms with Gasteiger partial charge in [-0.15, -0.1) is 0 Å². The van der Waals surface area contributed by atoms with Gasteiger partial charge in [0.15, 0.2) is 5.78 Å². The summed E-state index contributed by atoms with van der Waals surface area (Å²) in [7, 11) is 1.25. The monoisotopic (exact) mass is 291 g/mol. The fraction of sp³-hybridized carbons (Fsp3) is 0.438. The van der Waals surface area contributed by atoms with E-state index in [1.165, 1.54) is 19.6 Å². The molecular weight excluding hydrogens is 270 g/mol. The summed E-state index contributed by atoms with van der Waals surface area (Å²) in [4.78, 5) is 34.4. The number of rotatable bonds is 8. The van der Waals surface area contributed by atoms with E-state index in [2.05, 4.69) is 10.1 Å². The Bertz CT molecular complexity index is 484. The van der Waals surface area contributed by atoms with Crippen molar-refractivity contribution in [2.75, 3.05) is 7.11 Å². The smallest absolute Gasteiger partial charge is 0.308 e. The highest BCUT2D eigenvalue weighted by Crippen LogP contribution is 2.05. The largest absolute Gasteiger partial charge is 0.469 e. The molecule has 0 heterocycles. The van der Waals surface area contributed by atoms with Crippen molar-refractivity contribution < 1.29 is 19.1 Å². The van der Waals surface area contributed by atoms with E-state index in [0.29, 0.717) is 12.8 Å². The van der Waals surface area contributed by atoms with Crippen LogP contribution in [0.2, 0.25) is 0 Å². The number of nitrogens with one attached hydrogen (secondary N) is 1. The first-order chi connectivity index (χ1) is 10.0. The quantitative estimate of drug-likeness (QED) is 0.739. The van der Waals surface area contributed by atoms with E-state index in [1.54, 1.807) is 0 Å². The number of hydrogen-bond acceptors (Lipinski definition) is 4. The lowest BCUT2D eigenvalue weighted by Gasteiger charge is -2.14. The Morgan fingerprint density at radius 3 is 2.43 bits per heavy atom. The van der Waals surface area contributed by atoms with Crippen molar-refractivity contribution in [2.24, 2.45) is 0 Å². The molecule has 5 nitrogen and oxygen atoms in total. The van der Waals surface area contributed by atoms with Gasteiger partial charge in [-0.25, -0.2) is 0 Å². The molecule has 0 aromatic heterocycles. The van der Waals surface area contributed by atoms with E-state index < -0.39 is 12.0 Å². The number of Topliss-reactive ketones (excluding diaryl/α,β-unsaturated/α-hetero) is 1. The summed E-state index contributed by atoms with van der Waals surface area (Å²) >= 11 is 0. The van der Waals surface area contributed by atoms with Crippen LogP contribution in [0.1, 0.15) is 31.7 Å². The minimum absolute atomic E-state index is 0.129. The number of aryl methyl sites for hydroxylation is 1. The molecule has 0 aliphatic heterocycles. The maximum absolute atomic E-state index is 11.8. The lowest BCUT2D eigenvalue weighted by Crippen LogP contribution is -2.41. The second kappa shape index (κ2) is 8.89. The van der Waals surface area contributed by atoms with Gasteiger partial charge in [-0.05, 0) is 25.3 Å². The van der Waals surface area contributed by atoms with Gasteiger partial charge >= 0.3 is 5.97 Å². The molecule has 0 spiro atoms. The lowest BCUT2D eigenvalue weighted by atomic mass is 10.1. The number of ketones is 1. The molecule has 1 aromatic rings. The molecule has 0 bridgehead atoms. The van der Waals surface area contributed by atoms with E-state index in [9.17, 15) is 14.4 Å². The van der Waals surface area contributed by atoms with E-state index in [4.69, 9.17) is 0 Å². The van der Waals surface area contributed by atoms with Crippen molar-refractivity contribution in [3.05, 3.63) is 35.9 Å². The summed E-state index contributed by atoms with van der Waals surface area (Å²) in [5.41, 5.74) is 1.17. The molecular formula is C16H21NO4. The van der Waals surface area contributed by atoms with Crippen LogP contribution in [0.3, 0.4) is 0 Å². The highest BCUT2D eigenvalue weighted by atomic mass is 16.5. The number of methoxy groups -OCH3 is 1. The van der Waals surface area contributed by atoms with Gasteiger partial charge in [0.2, 0.25) is 5.91 Å². The molecule has 1 aromatic carbocycles. The summed E-state index contributed by atoms with van der Waals surface area (Å²) in [6.07, 6.45) is 1.69. The highest BCUT2D eigenvalue weighted by Gasteiger charge is 2.20. The molecule has 5 heteroatoms. The van der Waals surface area contributed by atoms with Gasteiger partial charge in [0.05, 0.1) is 19.6 Å². The third kappa shape index (κ3) is 6.70. The predicted molar refractivity (Wildman–Crippen MR) is 78.6 cm³/mol. The summed E-state index contributed by atoms with van der Waals surface area (Å²) in [6.45, 7) is 1.35. The normalized spacial score (nSPS) is 11.5. The van der Waals surface area contributed by atoms with E-state index >= 15 is 0 Å². The molecule has 1 atom stereocenters. The third-order valence-electron chi connectivity index (χ3n) is 3.14. The first-order valence-electron chi connectivity index (χ1n) is 6.93. The summed E-state index contributed by atoms with van der Waals surface area (Å²) in [5, 5.41) is 2.58. The second-order valence-corrected chi connectivity index (χ2v) is 4.85. The summed E-state index contributed by atoms with van der Waals surface area (Å²) in [5.74, 6) is -0.994. The minimum Gasteiger partial charge on any atom is -0.469 e. The van der Waals surface area contributed by atoms with Gasteiger partial charge in [0, 0.05) is 6.42 Å². The molecule has 1 amide bonds. The number of esters is 1. The number of carbonyl (C=O) groups is 3. The van der Waals surface area contributed by atoms with Crippen LogP contribution in [0.4, 0.5) is 0 Å². The molecule has 21 heavy (non-hydrogen) atoms. The molecule has 1 N–H and O–H groups in total. The van der Waals surface area contributed by atoms with Crippen LogP contribution in [0, 0.1) is 0 Å². The van der Waals surface area contributed by atoms with E-state index in [1.807, 2.05) is 30.3 Å². The second-order valence-electron chi connectivity index (χ2n) is 4.85. The standard InChI is InChI=1S/C16H21NO4/c1-12(18)14(11-16(20)21-2)17-15(19)10-6-9-13-7-4-3-5-8-13/h3-5,7-8,14H,6,9-11H2,1-2H3,(H,17,19). The Morgan fingerprint density at radius 2 is 1.86 bits per heavy atom. The Balaban J connectivity index is 2.36. The average Bonchev–Trinajstić information content (AvgIpc) is 2.47. The summed E-state index contributed by atoms with van der Waals surface area (Å²) in [6, 6.07) is 9.07. The predicted octanol–water partition coefficient (Wildman–Crippen LogP) is 1.65. The molecule has 1 rings (SSSR count). The molecule has 114 valence electrons. The number of ether oxygens (including phenoxy) is 1. The molecule has 0 fully saturated rings. The zero-order valence-electron chi connectivity index (χ0n) is 12.4. The number of carbonyl (C=O) groups excluding carboxylic acids is 3. The average molecular weight is 291 g/mol. The van der Waals surface area contributed by atoms with Gasteiger partial charge in [0.1, 0.15) is 0 Å². The molecule has 0 saturated carbocycles. The lowest BCUT2D eigenvalue weighted by molar-refractivity contribution is -0.143. The highest BCUT2D eigenvalue weighted by molar-refractivity contribution is 5.90. The van der Waals surface area contributed by atoms with Crippen molar-refractivity contribution in [2.45, 2.75) is 38.6 Å². The molecule has 0 radical (unpaired) electrons. The van der Waals surface area contributed by atoms with Crippen LogP contribution in [0.5, 0.6) is 0 Å². The molecule has 1 unspecified atom stereocenters. The SMILES string of the molecule is COC(=O)CC(NC(=O)CCCc1ccccc1)C(C)=O. The zero-order chi connectivity index (χ0) is 15.7. The Morgan fingerprint density at radius 1 is 1.19 bits per heavy atom. The topological polar surface area (TPSA) is 72.5 Å². The number of benzene rings is 1. The van der Waals surface area contributed by atoms with Gasteiger partial charge in [-0.3, -0.25) is 14.4 Å². The van der Waals surface area contributed by atoms with Crippen molar-refractivity contribution >= 4 is 17.7 Å². The van der Waals surface area contributed by atoms with Crippen molar-refractivity contribution in [3.8, 4) is 0 Å². The number of hydrogen-bond donors (Lipinski definition) is 1. The Hall–Kier alpha value is -2.17. The first-order valence-corrected chi connectivity index (χ1v) is 6.93. The van der Waals surface area contributed by atoms with Gasteiger partial charge in [-0.2, -0.15) is 0 Å². The van der Waals surface area contributed by atoms with Crippen molar-refractivity contribution in [1.82, 2.24) is 5.32 Å². The van der Waals surface area contributed by atoms with Gasteiger partial charge < -0.3 is 10.1 Å². The maximum atomic E-state index is 11.8. The van der Waals surface area contributed by atoms with E-state index in [-0.39, 0.29) is 18.1 Å². The Labute approximate surface area is 124 Å². The third-order valence-corrected chi connectivity index (χ3v) is 3.14. The van der Waals surface area contributed by atoms with Crippen LogP contribution in [0.15, 0.2) is 30.3 Å². The van der Waals surface area contributed by atoms with Crippen LogP contribution in [0.25, 0.3) is 0 Å². The van der Waals surface area contributed by atoms with Gasteiger partial charge in [0.25, 0.3) is 0 Å². The van der Waals surface area contributed by atoms with Crippen LogP contribution in [-0.2, 0) is 25.5 Å². The first kappa shape index (κ1) is 16.9. The molecule has 0 saturated heterocycles. The zero-order valence-corrected chi connectivity index (χ0v) is 12.4. The van der Waals surface area contributed by atoms with Crippen LogP contribution in [-0.4, -0.2) is 30.8 Å². The van der Waals surface area contributed by atoms with Crippen LogP contribution < -0.4 is 5.32 Å². The summed E-state index contributed by atoms with van der Waals surface area (Å²) < 4.78 is 4.51. The fourth-order valence-corrected chi connectivity index (χ4v) is 1.91. The molecule has 0 aliphatic rings.